The van der Waals surface area contributed by atoms with Gasteiger partial charge >= 0.3 is 0 Å². The Morgan fingerprint density at radius 3 is 2.27 bits per heavy atom. The van der Waals surface area contributed by atoms with Crippen LogP contribution in [0.5, 0.6) is 0 Å². The molecule has 22 heavy (non-hydrogen) atoms. The van der Waals surface area contributed by atoms with Crippen LogP contribution in [-0.4, -0.2) is 60.7 Å². The normalized spacial score (nSPS) is 14.6. The zero-order valence-electron chi connectivity index (χ0n) is 12.4. The van der Waals surface area contributed by atoms with Crippen molar-refractivity contribution in [2.45, 2.75) is 6.92 Å². The number of halogens is 1. The number of nitrogens with zero attached hydrogens (tertiary/aromatic N) is 3. The van der Waals surface area contributed by atoms with Crippen molar-refractivity contribution >= 4 is 23.9 Å². The number of hydrogen-bond donors (Lipinski definition) is 0. The van der Waals surface area contributed by atoms with Crippen LogP contribution in [0.3, 0.4) is 0 Å². The van der Waals surface area contributed by atoms with E-state index in [0.717, 1.165) is 6.41 Å². The van der Waals surface area contributed by atoms with Gasteiger partial charge in [0, 0.05) is 38.8 Å². The highest BCUT2D eigenvalue weighted by Gasteiger charge is 2.23. The highest BCUT2D eigenvalue weighted by molar-refractivity contribution is 5.97. The monoisotopic (exact) mass is 307 g/mol. The molecule has 1 aromatic carbocycles. The van der Waals surface area contributed by atoms with E-state index < -0.39 is 5.82 Å². The number of amides is 3. The Bertz CT molecular complexity index is 554. The van der Waals surface area contributed by atoms with E-state index in [1.807, 2.05) is 0 Å². The lowest BCUT2D eigenvalue weighted by Crippen LogP contribution is -2.51. The quantitative estimate of drug-likeness (QED) is 0.760. The first-order valence-corrected chi connectivity index (χ1v) is 7.02. The second kappa shape index (κ2) is 7.02. The molecular weight excluding hydrogens is 289 g/mol. The van der Waals surface area contributed by atoms with Gasteiger partial charge in [-0.2, -0.15) is 0 Å². The van der Waals surface area contributed by atoms with Gasteiger partial charge in [0.15, 0.2) is 0 Å². The van der Waals surface area contributed by atoms with Crippen LogP contribution in [0.15, 0.2) is 24.3 Å². The van der Waals surface area contributed by atoms with E-state index in [2.05, 4.69) is 0 Å². The Morgan fingerprint density at radius 1 is 1.18 bits per heavy atom. The number of anilines is 1. The van der Waals surface area contributed by atoms with Gasteiger partial charge in [-0.25, -0.2) is 4.39 Å². The van der Waals surface area contributed by atoms with Crippen LogP contribution in [0.4, 0.5) is 10.1 Å². The van der Waals surface area contributed by atoms with Gasteiger partial charge in [-0.05, 0) is 24.3 Å². The number of piperazine rings is 1. The number of carbonyl (C=O) groups excluding carboxylic acids is 3. The summed E-state index contributed by atoms with van der Waals surface area (Å²) in [6.07, 6.45) is 0.766. The summed E-state index contributed by atoms with van der Waals surface area (Å²) < 4.78 is 13.0. The van der Waals surface area contributed by atoms with Crippen LogP contribution < -0.4 is 4.90 Å². The van der Waals surface area contributed by atoms with Gasteiger partial charge in [0.05, 0.1) is 0 Å². The lowest BCUT2D eigenvalue weighted by molar-refractivity contribution is -0.134. The van der Waals surface area contributed by atoms with Crippen LogP contribution >= 0.6 is 0 Å². The maximum atomic E-state index is 13.0. The molecule has 1 aliphatic rings. The molecule has 1 aromatic rings. The highest BCUT2D eigenvalue weighted by Crippen LogP contribution is 2.15. The molecule has 0 aromatic heterocycles. The van der Waals surface area contributed by atoms with Crippen molar-refractivity contribution in [2.24, 2.45) is 0 Å². The SMILES string of the molecule is CC(=O)N(CC(=O)N1CCN(C=O)CC1)c1ccc(F)cc1. The molecule has 0 N–H and O–H groups in total. The van der Waals surface area contributed by atoms with Gasteiger partial charge in [-0.1, -0.05) is 0 Å². The summed E-state index contributed by atoms with van der Waals surface area (Å²) in [5.74, 6) is -0.875. The second-order valence-electron chi connectivity index (χ2n) is 5.10. The molecule has 2 rings (SSSR count). The summed E-state index contributed by atoms with van der Waals surface area (Å²) in [5, 5.41) is 0. The van der Waals surface area contributed by atoms with Crippen LogP contribution in [0.1, 0.15) is 6.92 Å². The molecular formula is C15H18FN3O3. The molecule has 0 aliphatic carbocycles. The smallest absolute Gasteiger partial charge is 0.242 e. The third kappa shape index (κ3) is 3.81. The fourth-order valence-corrected chi connectivity index (χ4v) is 2.32. The molecule has 1 fully saturated rings. The van der Waals surface area contributed by atoms with Crippen LogP contribution in [0, 0.1) is 5.82 Å². The second-order valence-corrected chi connectivity index (χ2v) is 5.10. The number of hydrogen-bond acceptors (Lipinski definition) is 3. The number of rotatable bonds is 4. The third-order valence-corrected chi connectivity index (χ3v) is 3.63. The summed E-state index contributed by atoms with van der Waals surface area (Å²) in [6, 6.07) is 5.43. The molecule has 0 atom stereocenters. The highest BCUT2D eigenvalue weighted by atomic mass is 19.1. The van der Waals surface area contributed by atoms with E-state index in [-0.39, 0.29) is 18.4 Å². The van der Waals surface area contributed by atoms with Gasteiger partial charge in [0.1, 0.15) is 12.4 Å². The Kier molecular flexibility index (Phi) is 5.08. The molecule has 1 aliphatic heterocycles. The Balaban J connectivity index is 2.02. The number of carbonyl (C=O) groups is 3. The van der Waals surface area contributed by atoms with Crippen LogP contribution in [-0.2, 0) is 14.4 Å². The Morgan fingerprint density at radius 2 is 1.77 bits per heavy atom. The van der Waals surface area contributed by atoms with E-state index in [4.69, 9.17) is 0 Å². The van der Waals surface area contributed by atoms with E-state index in [1.165, 1.54) is 36.1 Å². The fraction of sp³-hybridized carbons (Fsp3) is 0.400. The summed E-state index contributed by atoms with van der Waals surface area (Å²) in [6.45, 7) is 3.15. The van der Waals surface area contributed by atoms with Crippen molar-refractivity contribution in [2.75, 3.05) is 37.6 Å². The topological polar surface area (TPSA) is 60.9 Å². The van der Waals surface area contributed by atoms with Crippen molar-refractivity contribution in [3.8, 4) is 0 Å². The van der Waals surface area contributed by atoms with Crippen molar-refractivity contribution in [3.63, 3.8) is 0 Å². The molecule has 7 heteroatoms. The zero-order valence-corrected chi connectivity index (χ0v) is 12.4. The van der Waals surface area contributed by atoms with Gasteiger partial charge in [0.25, 0.3) is 0 Å². The molecule has 1 saturated heterocycles. The molecule has 0 unspecified atom stereocenters. The van der Waals surface area contributed by atoms with Gasteiger partial charge in [-0.15, -0.1) is 0 Å². The average Bonchev–Trinajstić information content (AvgIpc) is 2.53. The van der Waals surface area contributed by atoms with E-state index in [9.17, 15) is 18.8 Å². The van der Waals surface area contributed by atoms with Crippen LogP contribution in [0.2, 0.25) is 0 Å². The molecule has 0 saturated carbocycles. The predicted octanol–water partition coefficient (Wildman–Crippen LogP) is 0.479. The summed E-state index contributed by atoms with van der Waals surface area (Å²) in [4.78, 5) is 39.2. The minimum Gasteiger partial charge on any atom is -0.342 e. The molecule has 1 heterocycles. The predicted molar refractivity (Wildman–Crippen MR) is 78.6 cm³/mol. The summed E-state index contributed by atoms with van der Waals surface area (Å²) in [5.41, 5.74) is 0.480. The summed E-state index contributed by atoms with van der Waals surface area (Å²) in [7, 11) is 0. The minimum absolute atomic E-state index is 0.0952. The van der Waals surface area contributed by atoms with Gasteiger partial charge < -0.3 is 14.7 Å². The third-order valence-electron chi connectivity index (χ3n) is 3.63. The largest absolute Gasteiger partial charge is 0.342 e. The number of benzene rings is 1. The first-order chi connectivity index (χ1) is 10.5. The van der Waals surface area contributed by atoms with Crippen LogP contribution in [0.25, 0.3) is 0 Å². The van der Waals surface area contributed by atoms with E-state index in [0.29, 0.717) is 31.9 Å². The maximum Gasteiger partial charge on any atom is 0.242 e. The van der Waals surface area contributed by atoms with Gasteiger partial charge in [0.2, 0.25) is 18.2 Å². The molecule has 3 amide bonds. The lowest BCUT2D eigenvalue weighted by atomic mass is 10.2. The maximum absolute atomic E-state index is 13.0. The standard InChI is InChI=1S/C15H18FN3O3/c1-12(21)19(14-4-2-13(16)3-5-14)10-15(22)18-8-6-17(11-20)7-9-18/h2-5,11H,6-10H2,1H3. The molecule has 6 nitrogen and oxygen atoms in total. The first-order valence-electron chi connectivity index (χ1n) is 7.02. The first kappa shape index (κ1) is 15.9. The van der Waals surface area contributed by atoms with Crippen molar-refractivity contribution in [1.29, 1.82) is 0 Å². The zero-order chi connectivity index (χ0) is 16.1. The lowest BCUT2D eigenvalue weighted by Gasteiger charge is -2.34. The molecule has 0 spiro atoms. The average molecular weight is 307 g/mol. The van der Waals surface area contributed by atoms with E-state index >= 15 is 0 Å². The van der Waals surface area contributed by atoms with Crippen molar-refractivity contribution < 1.29 is 18.8 Å². The molecule has 118 valence electrons. The Labute approximate surface area is 128 Å². The van der Waals surface area contributed by atoms with Crippen molar-refractivity contribution in [3.05, 3.63) is 30.1 Å². The van der Waals surface area contributed by atoms with Crippen molar-refractivity contribution in [1.82, 2.24) is 9.80 Å². The fourth-order valence-electron chi connectivity index (χ4n) is 2.32. The molecule has 0 bridgehead atoms. The minimum atomic E-state index is -0.399. The molecule has 0 radical (unpaired) electrons. The Hall–Kier alpha value is -2.44. The summed E-state index contributed by atoms with van der Waals surface area (Å²) >= 11 is 0. The van der Waals surface area contributed by atoms with Gasteiger partial charge in [-0.3, -0.25) is 14.4 Å². The van der Waals surface area contributed by atoms with E-state index in [1.54, 1.807) is 9.80 Å².